The lowest BCUT2D eigenvalue weighted by atomic mass is 10.1. The monoisotopic (exact) mass is 218 g/mol. The third-order valence-electron chi connectivity index (χ3n) is 2.15. The van der Waals surface area contributed by atoms with Crippen LogP contribution in [0.25, 0.3) is 11.1 Å². The summed E-state index contributed by atoms with van der Waals surface area (Å²) in [5.41, 5.74) is 2.53. The molecule has 2 aromatic rings. The maximum absolute atomic E-state index is 2.69. The highest BCUT2D eigenvalue weighted by molar-refractivity contribution is 7.27. The van der Waals surface area contributed by atoms with Crippen LogP contribution in [0, 0.1) is 0 Å². The van der Waals surface area contributed by atoms with Gasteiger partial charge in [0.05, 0.1) is 0 Å². The molecule has 0 aliphatic rings. The fraction of sp³-hybridized carbons (Fsp3) is 0. The average Bonchev–Trinajstić information content (AvgIpc) is 2.21. The van der Waals surface area contributed by atoms with Gasteiger partial charge in [0, 0.05) is 0 Å². The topological polar surface area (TPSA) is 0 Å². The second-order valence-electron chi connectivity index (χ2n) is 3.24. The van der Waals surface area contributed by atoms with Gasteiger partial charge in [-0.3, -0.25) is 0 Å². The molecule has 2 atom stereocenters. The molecule has 0 aromatic heterocycles. The molecule has 0 fully saturated rings. The van der Waals surface area contributed by atoms with Crippen LogP contribution in [0.4, 0.5) is 0 Å². The summed E-state index contributed by atoms with van der Waals surface area (Å²) in [5, 5.41) is 2.44. The smallest absolute Gasteiger partial charge is 0.0184 e. The minimum atomic E-state index is 1.22. The van der Waals surface area contributed by atoms with E-state index in [4.69, 9.17) is 0 Å². The summed E-state index contributed by atoms with van der Waals surface area (Å²) in [6.45, 7) is 0. The summed E-state index contributed by atoms with van der Waals surface area (Å²) >= 11 is 0. The Morgan fingerprint density at radius 3 is 1.07 bits per heavy atom. The molecule has 2 rings (SSSR count). The first kappa shape index (κ1) is 9.84. The third-order valence-corrected chi connectivity index (χ3v) is 2.92. The Hall–Kier alpha value is -0.700. The van der Waals surface area contributed by atoms with E-state index in [9.17, 15) is 0 Å². The highest BCUT2D eigenvalue weighted by Crippen LogP contribution is 2.17. The van der Waals surface area contributed by atoms with Gasteiger partial charge < -0.3 is 0 Å². The molecule has 0 saturated carbocycles. The third kappa shape index (κ3) is 2.21. The largest absolute Gasteiger partial charge is 0.106 e. The van der Waals surface area contributed by atoms with Gasteiger partial charge in [0.1, 0.15) is 0 Å². The molecule has 0 N–H and O–H groups in total. The first-order valence-corrected chi connectivity index (χ1v) is 5.62. The number of rotatable bonds is 1. The fourth-order valence-corrected chi connectivity index (χ4v) is 1.74. The quantitative estimate of drug-likeness (QED) is 0.644. The summed E-state index contributed by atoms with van der Waals surface area (Å²) in [7, 11) is 5.39. The van der Waals surface area contributed by atoms with Crippen molar-refractivity contribution in [2.45, 2.75) is 0 Å². The highest BCUT2D eigenvalue weighted by atomic mass is 31.0. The molecular formula is C12H12P2. The van der Waals surface area contributed by atoms with Crippen LogP contribution < -0.4 is 10.6 Å². The molecule has 0 aliphatic heterocycles. The molecule has 2 heteroatoms. The highest BCUT2D eigenvalue weighted by Gasteiger charge is 1.95. The van der Waals surface area contributed by atoms with Gasteiger partial charge in [0.25, 0.3) is 0 Å². The SMILES string of the molecule is Pc1ccc(-c2ccc(P)cc2)cc1. The van der Waals surface area contributed by atoms with Crippen molar-refractivity contribution >= 4 is 29.1 Å². The van der Waals surface area contributed by atoms with Crippen LogP contribution in [0.5, 0.6) is 0 Å². The minimum Gasteiger partial charge on any atom is -0.106 e. The lowest BCUT2D eigenvalue weighted by molar-refractivity contribution is 1.66. The fourth-order valence-electron chi connectivity index (χ4n) is 1.35. The van der Waals surface area contributed by atoms with Gasteiger partial charge in [-0.15, -0.1) is 18.5 Å². The summed E-state index contributed by atoms with van der Waals surface area (Å²) in [6.07, 6.45) is 0. The zero-order valence-corrected chi connectivity index (χ0v) is 10.1. The molecule has 14 heavy (non-hydrogen) atoms. The van der Waals surface area contributed by atoms with Gasteiger partial charge >= 0.3 is 0 Å². The van der Waals surface area contributed by atoms with Crippen molar-refractivity contribution in [3.05, 3.63) is 48.5 Å². The first-order chi connectivity index (χ1) is 6.75. The Kier molecular flexibility index (Phi) is 2.96. The van der Waals surface area contributed by atoms with E-state index in [1.54, 1.807) is 0 Å². The molecule has 0 heterocycles. The van der Waals surface area contributed by atoms with Crippen molar-refractivity contribution < 1.29 is 0 Å². The van der Waals surface area contributed by atoms with E-state index in [0.717, 1.165) is 0 Å². The van der Waals surface area contributed by atoms with Crippen LogP contribution in [-0.2, 0) is 0 Å². The normalized spacial score (nSPS) is 10.1. The number of benzene rings is 2. The van der Waals surface area contributed by atoms with Crippen LogP contribution in [0.3, 0.4) is 0 Å². The van der Waals surface area contributed by atoms with Crippen LogP contribution in [-0.4, -0.2) is 0 Å². The molecule has 0 spiro atoms. The van der Waals surface area contributed by atoms with Crippen molar-refractivity contribution in [3.8, 4) is 11.1 Å². The molecule has 0 nitrogen and oxygen atoms in total. The molecule has 0 bridgehead atoms. The Bertz CT molecular complexity index is 372. The summed E-state index contributed by atoms with van der Waals surface area (Å²) in [4.78, 5) is 0. The molecule has 0 amide bonds. The summed E-state index contributed by atoms with van der Waals surface area (Å²) in [5.74, 6) is 0. The predicted molar refractivity (Wildman–Crippen MR) is 70.6 cm³/mol. The van der Waals surface area contributed by atoms with Crippen molar-refractivity contribution in [1.82, 2.24) is 0 Å². The molecular weight excluding hydrogens is 206 g/mol. The van der Waals surface area contributed by atoms with E-state index in [0.29, 0.717) is 0 Å². The van der Waals surface area contributed by atoms with Crippen LogP contribution in [0.1, 0.15) is 0 Å². The van der Waals surface area contributed by atoms with Gasteiger partial charge in [-0.2, -0.15) is 0 Å². The van der Waals surface area contributed by atoms with Crippen molar-refractivity contribution in [2.75, 3.05) is 0 Å². The average molecular weight is 218 g/mol. The van der Waals surface area contributed by atoms with Gasteiger partial charge in [-0.05, 0) is 21.7 Å². The Balaban J connectivity index is 2.40. The number of hydrogen-bond acceptors (Lipinski definition) is 0. The van der Waals surface area contributed by atoms with E-state index >= 15 is 0 Å². The van der Waals surface area contributed by atoms with Crippen LogP contribution >= 0.6 is 18.5 Å². The van der Waals surface area contributed by atoms with Gasteiger partial charge in [0.15, 0.2) is 0 Å². The zero-order valence-electron chi connectivity index (χ0n) is 7.77. The van der Waals surface area contributed by atoms with Crippen LogP contribution in [0.2, 0.25) is 0 Å². The lowest BCUT2D eigenvalue weighted by Crippen LogP contribution is -1.90. The molecule has 0 aliphatic carbocycles. The molecule has 70 valence electrons. The molecule has 0 saturated heterocycles. The standard InChI is InChI=1S/C12H12P2/c13-11-5-1-9(2-6-11)10-3-7-12(14)8-4-10/h1-8H,13-14H2. The number of hydrogen-bond donors (Lipinski definition) is 0. The van der Waals surface area contributed by atoms with Crippen LogP contribution in [0.15, 0.2) is 48.5 Å². The minimum absolute atomic E-state index is 1.22. The maximum atomic E-state index is 2.69. The summed E-state index contributed by atoms with van der Waals surface area (Å²) in [6, 6.07) is 17.0. The van der Waals surface area contributed by atoms with E-state index in [1.807, 2.05) is 0 Å². The molecule has 0 radical (unpaired) electrons. The molecule has 2 unspecified atom stereocenters. The Morgan fingerprint density at radius 1 is 0.500 bits per heavy atom. The Morgan fingerprint density at radius 2 is 0.786 bits per heavy atom. The maximum Gasteiger partial charge on any atom is -0.0184 e. The van der Waals surface area contributed by atoms with Gasteiger partial charge in [-0.1, -0.05) is 48.5 Å². The van der Waals surface area contributed by atoms with Gasteiger partial charge in [0.2, 0.25) is 0 Å². The van der Waals surface area contributed by atoms with E-state index in [1.165, 1.54) is 21.7 Å². The van der Waals surface area contributed by atoms with E-state index in [2.05, 4.69) is 67.0 Å². The zero-order chi connectivity index (χ0) is 9.97. The van der Waals surface area contributed by atoms with Crippen molar-refractivity contribution in [1.29, 1.82) is 0 Å². The lowest BCUT2D eigenvalue weighted by Gasteiger charge is -2.02. The second kappa shape index (κ2) is 4.22. The van der Waals surface area contributed by atoms with Crippen molar-refractivity contribution in [2.24, 2.45) is 0 Å². The molecule has 2 aromatic carbocycles. The van der Waals surface area contributed by atoms with Gasteiger partial charge in [-0.25, -0.2) is 0 Å². The predicted octanol–water partition coefficient (Wildman–Crippen LogP) is 2.35. The Labute approximate surface area is 89.1 Å². The van der Waals surface area contributed by atoms with E-state index < -0.39 is 0 Å². The van der Waals surface area contributed by atoms with E-state index in [-0.39, 0.29) is 0 Å². The first-order valence-electron chi connectivity index (χ1n) is 4.47. The summed E-state index contributed by atoms with van der Waals surface area (Å²) < 4.78 is 0. The second-order valence-corrected chi connectivity index (χ2v) is 4.58. The van der Waals surface area contributed by atoms with Crippen molar-refractivity contribution in [3.63, 3.8) is 0 Å².